The van der Waals surface area contributed by atoms with Crippen molar-refractivity contribution >= 4 is 29.3 Å². The summed E-state index contributed by atoms with van der Waals surface area (Å²) < 4.78 is 7.40. The van der Waals surface area contributed by atoms with Gasteiger partial charge in [-0.1, -0.05) is 11.6 Å². The van der Waals surface area contributed by atoms with Crippen molar-refractivity contribution in [3.8, 4) is 5.75 Å². The maximum Gasteiger partial charge on any atom is 0.244 e. The summed E-state index contributed by atoms with van der Waals surface area (Å²) in [5.41, 5.74) is 0.956. The number of aryl methyl sites for hydroxylation is 1. The highest BCUT2D eigenvalue weighted by atomic mass is 35.5. The first-order valence-electron chi connectivity index (χ1n) is 8.69. The van der Waals surface area contributed by atoms with Crippen molar-refractivity contribution in [2.45, 2.75) is 25.9 Å². The predicted octanol–water partition coefficient (Wildman–Crippen LogP) is 2.97. The highest BCUT2D eigenvalue weighted by Crippen LogP contribution is 2.33. The molecule has 0 bridgehead atoms. The second-order valence-electron chi connectivity index (χ2n) is 6.16. The molecule has 1 aliphatic rings. The van der Waals surface area contributed by atoms with Gasteiger partial charge in [0.05, 0.1) is 12.8 Å². The quantitative estimate of drug-likeness (QED) is 0.790. The molecule has 6 nitrogen and oxygen atoms in total. The van der Waals surface area contributed by atoms with Crippen LogP contribution in [0, 0.1) is 0 Å². The Labute approximate surface area is 158 Å². The van der Waals surface area contributed by atoms with Crippen molar-refractivity contribution in [1.29, 1.82) is 0 Å². The molecule has 1 amide bonds. The SMILES string of the molecule is CCn1ccnc1C=CC(=O)NC1CCN(c2cc(Cl)ccc2OC)C1. The average molecular weight is 375 g/mol. The third-order valence-corrected chi connectivity index (χ3v) is 4.72. The molecule has 7 heteroatoms. The lowest BCUT2D eigenvalue weighted by Crippen LogP contribution is -2.36. The number of nitrogens with zero attached hydrogens (tertiary/aromatic N) is 3. The maximum atomic E-state index is 12.2. The van der Waals surface area contributed by atoms with Gasteiger partial charge in [0.15, 0.2) is 0 Å². The number of anilines is 1. The average Bonchev–Trinajstić information content (AvgIpc) is 3.28. The van der Waals surface area contributed by atoms with Gasteiger partial charge in [-0.15, -0.1) is 0 Å². The summed E-state index contributed by atoms with van der Waals surface area (Å²) in [5.74, 6) is 1.45. The molecule has 1 unspecified atom stereocenters. The number of carbonyl (C=O) groups excluding carboxylic acids is 1. The lowest BCUT2D eigenvalue weighted by molar-refractivity contribution is -0.117. The van der Waals surface area contributed by atoms with Crippen LogP contribution in [0.4, 0.5) is 5.69 Å². The fourth-order valence-corrected chi connectivity index (χ4v) is 3.32. The van der Waals surface area contributed by atoms with Crippen molar-refractivity contribution < 1.29 is 9.53 Å². The standard InChI is InChI=1S/C19H23ClN4O2/c1-3-23-11-9-21-18(23)6-7-19(25)22-15-8-10-24(13-15)16-12-14(20)4-5-17(16)26-2/h4-7,9,11-12,15H,3,8,10,13H2,1-2H3,(H,22,25). The molecule has 3 rings (SSSR count). The van der Waals surface area contributed by atoms with Gasteiger partial charge in [0, 0.05) is 49.2 Å². The van der Waals surface area contributed by atoms with Crippen LogP contribution in [-0.4, -0.2) is 41.7 Å². The minimum atomic E-state index is -0.111. The van der Waals surface area contributed by atoms with Crippen LogP contribution in [0.25, 0.3) is 6.08 Å². The summed E-state index contributed by atoms with van der Waals surface area (Å²) in [6.45, 7) is 4.42. The Morgan fingerprint density at radius 3 is 3.12 bits per heavy atom. The molecule has 1 saturated heterocycles. The predicted molar refractivity (Wildman–Crippen MR) is 104 cm³/mol. The fourth-order valence-electron chi connectivity index (χ4n) is 3.15. The van der Waals surface area contributed by atoms with Crippen LogP contribution in [0.5, 0.6) is 5.75 Å². The second kappa shape index (κ2) is 8.27. The lowest BCUT2D eigenvalue weighted by Gasteiger charge is -2.21. The Morgan fingerprint density at radius 2 is 2.35 bits per heavy atom. The van der Waals surface area contributed by atoms with Crippen LogP contribution >= 0.6 is 11.6 Å². The Bertz CT molecular complexity index is 803. The first kappa shape index (κ1) is 18.3. The van der Waals surface area contributed by atoms with Gasteiger partial charge in [0.1, 0.15) is 11.6 Å². The van der Waals surface area contributed by atoms with E-state index in [2.05, 4.69) is 15.2 Å². The minimum Gasteiger partial charge on any atom is -0.495 e. The van der Waals surface area contributed by atoms with E-state index in [9.17, 15) is 4.79 Å². The molecule has 0 radical (unpaired) electrons. The van der Waals surface area contributed by atoms with Crippen LogP contribution in [0.1, 0.15) is 19.2 Å². The second-order valence-corrected chi connectivity index (χ2v) is 6.60. The van der Waals surface area contributed by atoms with E-state index in [1.54, 1.807) is 19.4 Å². The highest BCUT2D eigenvalue weighted by Gasteiger charge is 2.25. The first-order chi connectivity index (χ1) is 12.6. The van der Waals surface area contributed by atoms with Gasteiger partial charge in [-0.05, 0) is 37.6 Å². The first-order valence-corrected chi connectivity index (χ1v) is 9.06. The van der Waals surface area contributed by atoms with E-state index in [1.165, 1.54) is 6.08 Å². The van der Waals surface area contributed by atoms with Gasteiger partial charge in [-0.2, -0.15) is 0 Å². The van der Waals surface area contributed by atoms with Gasteiger partial charge >= 0.3 is 0 Å². The summed E-state index contributed by atoms with van der Waals surface area (Å²) in [4.78, 5) is 18.6. The zero-order chi connectivity index (χ0) is 18.5. The smallest absolute Gasteiger partial charge is 0.244 e. The maximum absolute atomic E-state index is 12.2. The number of hydrogen-bond acceptors (Lipinski definition) is 4. The largest absolute Gasteiger partial charge is 0.495 e. The van der Waals surface area contributed by atoms with Crippen molar-refractivity contribution in [2.24, 2.45) is 0 Å². The number of halogens is 1. The summed E-state index contributed by atoms with van der Waals surface area (Å²) >= 11 is 6.12. The van der Waals surface area contributed by atoms with Crippen molar-refractivity contribution in [2.75, 3.05) is 25.1 Å². The summed E-state index contributed by atoms with van der Waals surface area (Å²) in [6.07, 6.45) is 7.78. The molecule has 2 heterocycles. The summed E-state index contributed by atoms with van der Waals surface area (Å²) in [7, 11) is 1.65. The molecule has 2 aromatic rings. The van der Waals surface area contributed by atoms with E-state index in [-0.39, 0.29) is 11.9 Å². The van der Waals surface area contributed by atoms with Crippen LogP contribution in [0.3, 0.4) is 0 Å². The molecule has 1 N–H and O–H groups in total. The van der Waals surface area contributed by atoms with Crippen molar-refractivity contribution in [3.05, 3.63) is 47.5 Å². The van der Waals surface area contributed by atoms with E-state index in [1.807, 2.05) is 35.9 Å². The van der Waals surface area contributed by atoms with E-state index < -0.39 is 0 Å². The number of nitrogens with one attached hydrogen (secondary N) is 1. The molecule has 0 saturated carbocycles. The molecule has 0 aliphatic carbocycles. The van der Waals surface area contributed by atoms with Gasteiger partial charge < -0.3 is 19.5 Å². The number of carbonyl (C=O) groups is 1. The summed E-state index contributed by atoms with van der Waals surface area (Å²) in [5, 5.41) is 3.72. The number of methoxy groups -OCH3 is 1. The molecule has 1 aliphatic heterocycles. The number of aromatic nitrogens is 2. The van der Waals surface area contributed by atoms with Gasteiger partial charge in [0.25, 0.3) is 0 Å². The zero-order valence-electron chi connectivity index (χ0n) is 15.0. The summed E-state index contributed by atoms with van der Waals surface area (Å²) in [6, 6.07) is 5.66. The van der Waals surface area contributed by atoms with Crippen LogP contribution in [-0.2, 0) is 11.3 Å². The van der Waals surface area contributed by atoms with E-state index >= 15 is 0 Å². The molecular formula is C19H23ClN4O2. The molecule has 1 atom stereocenters. The third-order valence-electron chi connectivity index (χ3n) is 4.49. The fraction of sp³-hybridized carbons (Fsp3) is 0.368. The lowest BCUT2D eigenvalue weighted by atomic mass is 10.2. The van der Waals surface area contributed by atoms with Crippen LogP contribution < -0.4 is 15.0 Å². The highest BCUT2D eigenvalue weighted by molar-refractivity contribution is 6.30. The number of hydrogen-bond donors (Lipinski definition) is 1. The molecule has 26 heavy (non-hydrogen) atoms. The van der Waals surface area contributed by atoms with E-state index in [0.717, 1.165) is 43.3 Å². The molecule has 0 spiro atoms. The van der Waals surface area contributed by atoms with E-state index in [0.29, 0.717) is 5.02 Å². The molecule has 1 fully saturated rings. The van der Waals surface area contributed by atoms with Gasteiger partial charge in [-0.25, -0.2) is 4.98 Å². The Balaban J connectivity index is 1.59. The van der Waals surface area contributed by atoms with Gasteiger partial charge in [-0.3, -0.25) is 4.79 Å². The molecule has 1 aromatic heterocycles. The van der Waals surface area contributed by atoms with Crippen molar-refractivity contribution in [1.82, 2.24) is 14.9 Å². The van der Waals surface area contributed by atoms with E-state index in [4.69, 9.17) is 16.3 Å². The topological polar surface area (TPSA) is 59.4 Å². The Morgan fingerprint density at radius 1 is 1.50 bits per heavy atom. The Kier molecular flexibility index (Phi) is 5.83. The van der Waals surface area contributed by atoms with Crippen LogP contribution in [0.15, 0.2) is 36.7 Å². The molecule has 138 valence electrons. The minimum absolute atomic E-state index is 0.0850. The number of ether oxygens (including phenoxy) is 1. The van der Waals surface area contributed by atoms with Gasteiger partial charge in [0.2, 0.25) is 5.91 Å². The Hall–Kier alpha value is -2.47. The number of amides is 1. The number of imidazole rings is 1. The van der Waals surface area contributed by atoms with Crippen molar-refractivity contribution in [3.63, 3.8) is 0 Å². The molecular weight excluding hydrogens is 352 g/mol. The zero-order valence-corrected chi connectivity index (χ0v) is 15.7. The van der Waals surface area contributed by atoms with Crippen LogP contribution in [0.2, 0.25) is 5.02 Å². The molecule has 1 aromatic carbocycles. The number of rotatable bonds is 6. The normalized spacial score (nSPS) is 17.0. The monoisotopic (exact) mass is 374 g/mol. The third kappa shape index (κ3) is 4.19. The number of benzene rings is 1.